The predicted molar refractivity (Wildman–Crippen MR) is 221 cm³/mol. The van der Waals surface area contributed by atoms with E-state index < -0.39 is 0 Å². The lowest BCUT2D eigenvalue weighted by molar-refractivity contribution is 0.667. The van der Waals surface area contributed by atoms with Crippen LogP contribution in [-0.4, -0.2) is 24.9 Å². The molecule has 10 aromatic rings. The van der Waals surface area contributed by atoms with Crippen LogP contribution in [0, 0.1) is 0 Å². The summed E-state index contributed by atoms with van der Waals surface area (Å²) >= 11 is 0. The van der Waals surface area contributed by atoms with Gasteiger partial charge in [0, 0.05) is 33.2 Å². The Morgan fingerprint density at radius 2 is 0.709 bits per heavy atom. The van der Waals surface area contributed by atoms with Crippen molar-refractivity contribution in [2.75, 3.05) is 0 Å². The molecule has 0 bridgehead atoms. The van der Waals surface area contributed by atoms with Crippen molar-refractivity contribution in [3.63, 3.8) is 0 Å². The monoisotopic (exact) mass is 705 g/mol. The molecule has 3 aromatic heterocycles. The fourth-order valence-electron chi connectivity index (χ4n) is 6.98. The molecule has 55 heavy (non-hydrogen) atoms. The van der Waals surface area contributed by atoms with E-state index in [4.69, 9.17) is 29.3 Å². The minimum absolute atomic E-state index is 0.626. The third kappa shape index (κ3) is 6.22. The van der Waals surface area contributed by atoms with E-state index in [-0.39, 0.29) is 0 Å². The maximum absolute atomic E-state index is 6.30. The van der Waals surface area contributed by atoms with Gasteiger partial charge in [0.05, 0.1) is 0 Å². The molecule has 0 spiro atoms. The molecule has 6 heteroatoms. The molecule has 0 aliphatic heterocycles. The van der Waals surface area contributed by atoms with E-state index in [2.05, 4.69) is 84.9 Å². The average molecular weight is 706 g/mol. The Morgan fingerprint density at radius 3 is 1.33 bits per heavy atom. The molecule has 258 valence electrons. The third-order valence-corrected chi connectivity index (χ3v) is 9.76. The van der Waals surface area contributed by atoms with E-state index in [1.54, 1.807) is 0 Å². The zero-order valence-electron chi connectivity index (χ0n) is 29.5. The predicted octanol–water partition coefficient (Wildman–Crippen LogP) is 12.2. The molecule has 0 unspecified atom stereocenters. The van der Waals surface area contributed by atoms with Gasteiger partial charge < -0.3 is 4.42 Å². The Hall–Kier alpha value is -7.57. The second kappa shape index (κ2) is 13.8. The fourth-order valence-corrected chi connectivity index (χ4v) is 6.98. The molecule has 0 saturated heterocycles. The molecule has 0 aliphatic carbocycles. The number of benzene rings is 7. The van der Waals surface area contributed by atoms with Crippen LogP contribution < -0.4 is 0 Å². The normalized spacial score (nSPS) is 11.3. The van der Waals surface area contributed by atoms with E-state index in [9.17, 15) is 0 Å². The Balaban J connectivity index is 0.993. The van der Waals surface area contributed by atoms with Gasteiger partial charge in [-0.25, -0.2) is 24.9 Å². The maximum atomic E-state index is 6.30. The van der Waals surface area contributed by atoms with E-state index in [0.29, 0.717) is 28.9 Å². The molecule has 3 heterocycles. The lowest BCUT2D eigenvalue weighted by Crippen LogP contribution is -2.00. The van der Waals surface area contributed by atoms with Crippen molar-refractivity contribution < 1.29 is 4.42 Å². The first-order valence-electron chi connectivity index (χ1n) is 18.2. The van der Waals surface area contributed by atoms with Crippen LogP contribution in [0.4, 0.5) is 0 Å². The van der Waals surface area contributed by atoms with Gasteiger partial charge in [-0.2, -0.15) is 0 Å². The van der Waals surface area contributed by atoms with E-state index in [1.165, 1.54) is 0 Å². The second-order valence-corrected chi connectivity index (χ2v) is 13.3. The smallest absolute Gasteiger partial charge is 0.180 e. The lowest BCUT2D eigenvalue weighted by atomic mass is 9.97. The number of hydrogen-bond acceptors (Lipinski definition) is 6. The Kier molecular flexibility index (Phi) is 8.04. The van der Waals surface area contributed by atoms with Crippen molar-refractivity contribution >= 4 is 22.1 Å². The van der Waals surface area contributed by atoms with Gasteiger partial charge in [-0.3, -0.25) is 0 Å². The summed E-state index contributed by atoms with van der Waals surface area (Å²) in [6, 6.07) is 63.7. The van der Waals surface area contributed by atoms with Crippen molar-refractivity contribution in [2.45, 2.75) is 0 Å². The van der Waals surface area contributed by atoms with Crippen LogP contribution in [0.2, 0.25) is 0 Å². The van der Waals surface area contributed by atoms with Crippen molar-refractivity contribution in [3.05, 3.63) is 188 Å². The van der Waals surface area contributed by atoms with Crippen LogP contribution in [0.5, 0.6) is 0 Å². The highest BCUT2D eigenvalue weighted by atomic mass is 16.3. The fraction of sp³-hybridized carbons (Fsp3) is 0. The van der Waals surface area contributed by atoms with E-state index >= 15 is 0 Å². The largest absolute Gasteiger partial charge is 0.452 e. The van der Waals surface area contributed by atoms with Gasteiger partial charge in [-0.15, -0.1) is 0 Å². The van der Waals surface area contributed by atoms with Crippen LogP contribution in [0.15, 0.2) is 192 Å². The summed E-state index contributed by atoms with van der Waals surface area (Å²) in [5, 5.41) is 0.972. The lowest BCUT2D eigenvalue weighted by Gasteiger charge is -2.11. The van der Waals surface area contributed by atoms with Crippen molar-refractivity contribution in [1.82, 2.24) is 24.9 Å². The highest BCUT2D eigenvalue weighted by Crippen LogP contribution is 2.36. The first-order valence-corrected chi connectivity index (χ1v) is 18.2. The summed E-state index contributed by atoms with van der Waals surface area (Å²) < 4.78 is 6.30. The molecule has 0 atom stereocenters. The zero-order valence-corrected chi connectivity index (χ0v) is 29.5. The molecular formula is C49H31N5O. The number of nitrogens with zero attached hydrogens (tertiary/aromatic N) is 5. The molecule has 0 aliphatic rings. The van der Waals surface area contributed by atoms with Gasteiger partial charge in [0.25, 0.3) is 0 Å². The van der Waals surface area contributed by atoms with Gasteiger partial charge in [-0.1, -0.05) is 164 Å². The number of hydrogen-bond donors (Lipinski definition) is 0. The van der Waals surface area contributed by atoms with Gasteiger partial charge in [0.2, 0.25) is 0 Å². The van der Waals surface area contributed by atoms with Crippen LogP contribution in [0.25, 0.3) is 101 Å². The van der Waals surface area contributed by atoms with Crippen molar-refractivity contribution in [1.29, 1.82) is 0 Å². The highest BCUT2D eigenvalue weighted by Gasteiger charge is 2.18. The van der Waals surface area contributed by atoms with E-state index in [0.717, 1.165) is 72.3 Å². The molecule has 7 aromatic carbocycles. The topological polar surface area (TPSA) is 77.6 Å². The number of fused-ring (bicyclic) bond motifs is 3. The summed E-state index contributed by atoms with van der Waals surface area (Å²) in [5.41, 5.74) is 12.2. The van der Waals surface area contributed by atoms with Crippen LogP contribution >= 0.6 is 0 Å². The average Bonchev–Trinajstić information content (AvgIpc) is 3.66. The van der Waals surface area contributed by atoms with Crippen molar-refractivity contribution in [2.24, 2.45) is 0 Å². The molecule has 0 radical (unpaired) electrons. The first-order chi connectivity index (χ1) is 27.2. The summed E-state index contributed by atoms with van der Waals surface area (Å²) in [5.74, 6) is 2.56. The Morgan fingerprint density at radius 1 is 0.291 bits per heavy atom. The molecule has 0 fully saturated rings. The maximum Gasteiger partial charge on any atom is 0.180 e. The summed E-state index contributed by atoms with van der Waals surface area (Å²) in [6.45, 7) is 0. The molecule has 6 nitrogen and oxygen atoms in total. The number of rotatable bonds is 7. The quantitative estimate of drug-likeness (QED) is 0.164. The summed E-state index contributed by atoms with van der Waals surface area (Å²) in [6.07, 6.45) is 0. The molecule has 0 saturated carbocycles. The number of furan rings is 1. The minimum Gasteiger partial charge on any atom is -0.452 e. The van der Waals surface area contributed by atoms with E-state index in [1.807, 2.05) is 103 Å². The van der Waals surface area contributed by atoms with Gasteiger partial charge in [-0.05, 0) is 46.5 Å². The zero-order chi connectivity index (χ0) is 36.6. The Labute approximate surface area is 317 Å². The first kappa shape index (κ1) is 32.1. The van der Waals surface area contributed by atoms with Crippen LogP contribution in [0.1, 0.15) is 0 Å². The molecule has 10 rings (SSSR count). The molecule has 0 N–H and O–H groups in total. The van der Waals surface area contributed by atoms with Gasteiger partial charge >= 0.3 is 0 Å². The van der Waals surface area contributed by atoms with Gasteiger partial charge in [0.1, 0.15) is 16.8 Å². The minimum atomic E-state index is 0.626. The number of aromatic nitrogens is 5. The summed E-state index contributed by atoms with van der Waals surface area (Å²) in [4.78, 5) is 24.8. The van der Waals surface area contributed by atoms with Gasteiger partial charge in [0.15, 0.2) is 28.9 Å². The molecular weight excluding hydrogens is 675 g/mol. The summed E-state index contributed by atoms with van der Waals surface area (Å²) in [7, 11) is 0. The highest BCUT2D eigenvalue weighted by molar-refractivity contribution is 6.07. The Bertz CT molecular complexity index is 2900. The second-order valence-electron chi connectivity index (χ2n) is 13.3. The standard InChI is InChI=1S/C49H31N5O/c1-4-14-33(15-5-1)43-45-44(41-24-10-11-25-42(41)55-45)51-46(50-43)36-28-26-32(27-29-36)37-20-12-21-38(30-37)39-22-13-23-40(31-39)49-53-47(34-16-6-2-7-17-34)52-48(54-49)35-18-8-3-9-19-35/h1-31H. The van der Waals surface area contributed by atoms with Crippen LogP contribution in [0.3, 0.4) is 0 Å². The third-order valence-electron chi connectivity index (χ3n) is 9.76. The SMILES string of the molecule is c1ccc(-c2nc(-c3ccccc3)nc(-c3cccc(-c4cccc(-c5ccc(-c6nc(-c7ccccc7)c7oc8ccccc8c7n6)cc5)c4)c3)n2)cc1. The molecule has 0 amide bonds. The number of para-hydroxylation sites is 1. The van der Waals surface area contributed by atoms with Crippen molar-refractivity contribution in [3.8, 4) is 79.1 Å². The van der Waals surface area contributed by atoms with Crippen LogP contribution in [-0.2, 0) is 0 Å².